The van der Waals surface area contributed by atoms with Crippen molar-refractivity contribution >= 4 is 10.0 Å². The number of hydrogen-bond acceptors (Lipinski definition) is 3. The number of rotatable bonds is 6. The molecule has 19 heavy (non-hydrogen) atoms. The zero-order chi connectivity index (χ0) is 14.6. The third-order valence-corrected chi connectivity index (χ3v) is 4.87. The molecule has 108 valence electrons. The summed E-state index contributed by atoms with van der Waals surface area (Å²) in [6.07, 6.45) is 0.554. The van der Waals surface area contributed by atoms with Crippen LogP contribution in [0.5, 0.6) is 0 Å². The van der Waals surface area contributed by atoms with E-state index in [0.717, 1.165) is 5.56 Å². The molecule has 1 unspecified atom stereocenters. The second kappa shape index (κ2) is 6.50. The maximum absolute atomic E-state index is 12.3. The molecule has 0 aliphatic rings. The minimum absolute atomic E-state index is 0.196. The van der Waals surface area contributed by atoms with Crippen molar-refractivity contribution in [3.8, 4) is 0 Å². The van der Waals surface area contributed by atoms with Gasteiger partial charge < -0.3 is 5.11 Å². The van der Waals surface area contributed by atoms with E-state index >= 15 is 0 Å². The van der Waals surface area contributed by atoms with Crippen molar-refractivity contribution in [2.75, 3.05) is 6.61 Å². The van der Waals surface area contributed by atoms with Gasteiger partial charge in [-0.15, -0.1) is 0 Å². The molecule has 0 aliphatic carbocycles. The number of aryl methyl sites for hydroxylation is 1. The lowest BCUT2D eigenvalue weighted by Gasteiger charge is -2.17. The first kappa shape index (κ1) is 16.1. The highest BCUT2D eigenvalue weighted by Crippen LogP contribution is 2.22. The van der Waals surface area contributed by atoms with Gasteiger partial charge in [-0.05, 0) is 36.5 Å². The van der Waals surface area contributed by atoms with Crippen molar-refractivity contribution in [3.05, 3.63) is 29.3 Å². The molecular formula is C14H23NO3S. The van der Waals surface area contributed by atoms with E-state index in [4.69, 9.17) is 5.11 Å². The highest BCUT2D eigenvalue weighted by molar-refractivity contribution is 7.89. The number of hydrogen-bond donors (Lipinski definition) is 2. The molecule has 1 aromatic carbocycles. The number of sulfonamides is 1. The Morgan fingerprint density at radius 3 is 2.42 bits per heavy atom. The largest absolute Gasteiger partial charge is 0.395 e. The van der Waals surface area contributed by atoms with Crippen LogP contribution in [0.3, 0.4) is 0 Å². The smallest absolute Gasteiger partial charge is 0.241 e. The lowest BCUT2D eigenvalue weighted by Crippen LogP contribution is -2.37. The molecule has 0 fully saturated rings. The summed E-state index contributed by atoms with van der Waals surface area (Å²) in [6, 6.07) is 5.05. The lowest BCUT2D eigenvalue weighted by atomic mass is 10.0. The van der Waals surface area contributed by atoms with Crippen molar-refractivity contribution in [3.63, 3.8) is 0 Å². The third kappa shape index (κ3) is 4.03. The topological polar surface area (TPSA) is 66.4 Å². The molecule has 0 radical (unpaired) electrons. The zero-order valence-electron chi connectivity index (χ0n) is 12.0. The van der Waals surface area contributed by atoms with Crippen LogP contribution >= 0.6 is 0 Å². The molecular weight excluding hydrogens is 262 g/mol. The standard InChI is InChI=1S/C14H23NO3S/c1-5-13(9-16)15-19(17,18)14-8-12(10(2)3)7-6-11(14)4/h6-8,10,13,15-16H,5,9H2,1-4H3. The molecule has 0 spiro atoms. The first-order valence-electron chi connectivity index (χ1n) is 6.55. The second-order valence-corrected chi connectivity index (χ2v) is 6.77. The Balaban J connectivity index is 3.16. The summed E-state index contributed by atoms with van der Waals surface area (Å²) in [5.41, 5.74) is 1.70. The molecule has 0 saturated carbocycles. The molecule has 0 heterocycles. The van der Waals surface area contributed by atoms with Gasteiger partial charge in [0.1, 0.15) is 0 Å². The van der Waals surface area contributed by atoms with Crippen LogP contribution in [0.1, 0.15) is 44.2 Å². The SMILES string of the molecule is CCC(CO)NS(=O)(=O)c1cc(C(C)C)ccc1C. The van der Waals surface area contributed by atoms with E-state index in [1.165, 1.54) is 0 Å². The van der Waals surface area contributed by atoms with Crippen molar-refractivity contribution in [2.24, 2.45) is 0 Å². The van der Waals surface area contributed by atoms with Gasteiger partial charge in [0.05, 0.1) is 11.5 Å². The van der Waals surface area contributed by atoms with E-state index in [1.807, 2.05) is 32.9 Å². The van der Waals surface area contributed by atoms with E-state index in [1.54, 1.807) is 13.0 Å². The van der Waals surface area contributed by atoms with Crippen molar-refractivity contribution in [1.29, 1.82) is 0 Å². The van der Waals surface area contributed by atoms with Gasteiger partial charge in [0.25, 0.3) is 0 Å². The minimum Gasteiger partial charge on any atom is -0.395 e. The average molecular weight is 285 g/mol. The molecule has 0 aliphatic heterocycles. The quantitative estimate of drug-likeness (QED) is 0.842. The summed E-state index contributed by atoms with van der Waals surface area (Å²) < 4.78 is 27.2. The van der Waals surface area contributed by atoms with Crippen molar-refractivity contribution in [1.82, 2.24) is 4.72 Å². The summed E-state index contributed by atoms with van der Waals surface area (Å²) in [5, 5.41) is 9.12. The van der Waals surface area contributed by atoms with Gasteiger partial charge in [0.2, 0.25) is 10.0 Å². The highest BCUT2D eigenvalue weighted by atomic mass is 32.2. The van der Waals surface area contributed by atoms with E-state index in [-0.39, 0.29) is 12.5 Å². The Bertz CT molecular complexity index is 519. The third-order valence-electron chi connectivity index (χ3n) is 3.20. The Labute approximate surface area is 115 Å². The van der Waals surface area contributed by atoms with E-state index < -0.39 is 16.1 Å². The number of nitrogens with one attached hydrogen (secondary N) is 1. The molecule has 4 nitrogen and oxygen atoms in total. The normalized spacial score (nSPS) is 13.8. The van der Waals surface area contributed by atoms with Gasteiger partial charge in [-0.1, -0.05) is 32.9 Å². The van der Waals surface area contributed by atoms with Gasteiger partial charge in [-0.3, -0.25) is 0 Å². The summed E-state index contributed by atoms with van der Waals surface area (Å²) in [6.45, 7) is 7.46. The van der Waals surface area contributed by atoms with Gasteiger partial charge in [0, 0.05) is 6.04 Å². The van der Waals surface area contributed by atoms with Gasteiger partial charge >= 0.3 is 0 Å². The lowest BCUT2D eigenvalue weighted by molar-refractivity contribution is 0.254. The summed E-state index contributed by atoms with van der Waals surface area (Å²) >= 11 is 0. The van der Waals surface area contributed by atoms with Crippen LogP contribution in [-0.2, 0) is 10.0 Å². The monoisotopic (exact) mass is 285 g/mol. The number of benzene rings is 1. The van der Waals surface area contributed by atoms with Gasteiger partial charge in [0.15, 0.2) is 0 Å². The predicted octanol–water partition coefficient (Wildman–Crippen LogP) is 2.17. The molecule has 5 heteroatoms. The molecule has 0 saturated heterocycles. The molecule has 2 N–H and O–H groups in total. The fourth-order valence-electron chi connectivity index (χ4n) is 1.80. The van der Waals surface area contributed by atoms with Crippen LogP contribution in [0, 0.1) is 6.92 Å². The van der Waals surface area contributed by atoms with Crippen LogP contribution in [-0.4, -0.2) is 26.2 Å². The first-order valence-corrected chi connectivity index (χ1v) is 8.03. The Kier molecular flexibility index (Phi) is 5.52. The molecule has 1 aromatic rings. The Hall–Kier alpha value is -0.910. The van der Waals surface area contributed by atoms with Crippen LogP contribution in [0.2, 0.25) is 0 Å². The summed E-state index contributed by atoms with van der Waals surface area (Å²) in [7, 11) is -3.58. The van der Waals surface area contributed by atoms with E-state index in [9.17, 15) is 8.42 Å². The predicted molar refractivity (Wildman–Crippen MR) is 76.8 cm³/mol. The summed E-state index contributed by atoms with van der Waals surface area (Å²) in [5.74, 6) is 0.273. The molecule has 0 amide bonds. The van der Waals surface area contributed by atoms with Crippen LogP contribution in [0.15, 0.2) is 23.1 Å². The van der Waals surface area contributed by atoms with Crippen LogP contribution in [0.4, 0.5) is 0 Å². The van der Waals surface area contributed by atoms with E-state index in [0.29, 0.717) is 16.9 Å². The fourth-order valence-corrected chi connectivity index (χ4v) is 3.39. The highest BCUT2D eigenvalue weighted by Gasteiger charge is 2.21. The van der Waals surface area contributed by atoms with Crippen molar-refractivity contribution < 1.29 is 13.5 Å². The molecule has 0 bridgehead atoms. The maximum Gasteiger partial charge on any atom is 0.241 e. The number of aliphatic hydroxyl groups excluding tert-OH is 1. The number of aliphatic hydroxyl groups is 1. The second-order valence-electron chi connectivity index (χ2n) is 5.09. The van der Waals surface area contributed by atoms with Crippen molar-refractivity contribution in [2.45, 2.75) is 51.0 Å². The molecule has 1 rings (SSSR count). The molecule has 0 aromatic heterocycles. The maximum atomic E-state index is 12.3. The van der Waals surface area contributed by atoms with E-state index in [2.05, 4.69) is 4.72 Å². The Morgan fingerprint density at radius 2 is 1.95 bits per heavy atom. The van der Waals surface area contributed by atoms with Gasteiger partial charge in [-0.25, -0.2) is 13.1 Å². The fraction of sp³-hybridized carbons (Fsp3) is 0.571. The van der Waals surface area contributed by atoms with Crippen LogP contribution in [0.25, 0.3) is 0 Å². The molecule has 1 atom stereocenters. The average Bonchev–Trinajstić information content (AvgIpc) is 2.35. The summed E-state index contributed by atoms with van der Waals surface area (Å²) in [4.78, 5) is 0.297. The zero-order valence-corrected chi connectivity index (χ0v) is 12.8. The van der Waals surface area contributed by atoms with Gasteiger partial charge in [-0.2, -0.15) is 0 Å². The minimum atomic E-state index is -3.58. The first-order chi connectivity index (χ1) is 8.81. The van der Waals surface area contributed by atoms with Crippen LogP contribution < -0.4 is 4.72 Å². The Morgan fingerprint density at radius 1 is 1.32 bits per heavy atom.